The zero-order chi connectivity index (χ0) is 20.2. The Morgan fingerprint density at radius 3 is 2.62 bits per heavy atom. The maximum absolute atomic E-state index is 13.3. The largest absolute Gasteiger partial charge is 0.434 e. The van der Waals surface area contributed by atoms with Crippen molar-refractivity contribution in [3.8, 4) is 5.75 Å². The van der Waals surface area contributed by atoms with E-state index in [-0.39, 0.29) is 17.2 Å². The summed E-state index contributed by atoms with van der Waals surface area (Å²) in [6.07, 6.45) is 1.53. The van der Waals surface area contributed by atoms with Crippen molar-refractivity contribution in [1.29, 1.82) is 0 Å². The van der Waals surface area contributed by atoms with Crippen LogP contribution in [0.5, 0.6) is 5.75 Å². The third-order valence-electron chi connectivity index (χ3n) is 4.61. The first kappa shape index (κ1) is 19.1. The second-order valence-electron chi connectivity index (χ2n) is 6.48. The quantitative estimate of drug-likeness (QED) is 0.666. The summed E-state index contributed by atoms with van der Waals surface area (Å²) in [4.78, 5) is 22.6. The Morgan fingerprint density at radius 1 is 1.14 bits per heavy atom. The van der Waals surface area contributed by atoms with Crippen LogP contribution < -0.4 is 4.74 Å². The molecule has 0 bridgehead atoms. The van der Waals surface area contributed by atoms with E-state index in [2.05, 4.69) is 14.7 Å². The summed E-state index contributed by atoms with van der Waals surface area (Å²) in [5.41, 5.74) is 2.12. The highest BCUT2D eigenvalue weighted by molar-refractivity contribution is 6.23. The van der Waals surface area contributed by atoms with Gasteiger partial charge in [-0.3, -0.25) is 4.79 Å². The molecule has 0 aliphatic carbocycles. The summed E-state index contributed by atoms with van der Waals surface area (Å²) >= 11 is 0. The SMILES string of the molecule is O=C(C(=Cc1ccccc1OC(F)F)c1nc2ccccc2[nH]1)N1CCOCC1. The molecule has 0 atom stereocenters. The van der Waals surface area contributed by atoms with Gasteiger partial charge in [0.05, 0.1) is 29.8 Å². The van der Waals surface area contributed by atoms with E-state index in [9.17, 15) is 13.6 Å². The highest BCUT2D eigenvalue weighted by atomic mass is 19.3. The number of amides is 1. The number of H-pyrrole nitrogens is 1. The average molecular weight is 399 g/mol. The number of carbonyl (C=O) groups is 1. The number of alkyl halides is 2. The Kier molecular flexibility index (Phi) is 5.53. The molecule has 1 aliphatic rings. The zero-order valence-electron chi connectivity index (χ0n) is 15.5. The number of aromatic amines is 1. The van der Waals surface area contributed by atoms with Gasteiger partial charge < -0.3 is 19.4 Å². The fourth-order valence-electron chi connectivity index (χ4n) is 3.21. The molecule has 0 radical (unpaired) electrons. The second kappa shape index (κ2) is 8.40. The molecule has 0 unspecified atom stereocenters. The minimum atomic E-state index is -2.96. The highest BCUT2D eigenvalue weighted by Crippen LogP contribution is 2.27. The number of para-hydroxylation sites is 3. The number of nitrogens with one attached hydrogen (secondary N) is 1. The predicted octanol–water partition coefficient (Wildman–Crippen LogP) is 3.56. The molecule has 1 aliphatic heterocycles. The van der Waals surface area contributed by atoms with Gasteiger partial charge in [-0.1, -0.05) is 30.3 Å². The highest BCUT2D eigenvalue weighted by Gasteiger charge is 2.24. The van der Waals surface area contributed by atoms with Crippen LogP contribution in [0.1, 0.15) is 11.4 Å². The van der Waals surface area contributed by atoms with E-state index in [1.807, 2.05) is 24.3 Å². The smallest absolute Gasteiger partial charge is 0.387 e. The van der Waals surface area contributed by atoms with Gasteiger partial charge in [0.25, 0.3) is 5.91 Å². The third-order valence-corrected chi connectivity index (χ3v) is 4.61. The summed E-state index contributed by atoms with van der Waals surface area (Å²) in [6.45, 7) is -1.17. The van der Waals surface area contributed by atoms with Crippen LogP contribution in [0.15, 0.2) is 48.5 Å². The monoisotopic (exact) mass is 399 g/mol. The van der Waals surface area contributed by atoms with Crippen molar-refractivity contribution in [3.05, 3.63) is 59.9 Å². The van der Waals surface area contributed by atoms with E-state index in [1.54, 1.807) is 23.1 Å². The number of carbonyl (C=O) groups excluding carboxylic acids is 1. The van der Waals surface area contributed by atoms with Gasteiger partial charge in [0.15, 0.2) is 0 Å². The van der Waals surface area contributed by atoms with Crippen LogP contribution in [-0.4, -0.2) is 53.7 Å². The molecule has 150 valence electrons. The first-order valence-electron chi connectivity index (χ1n) is 9.19. The van der Waals surface area contributed by atoms with E-state index >= 15 is 0 Å². The van der Waals surface area contributed by atoms with Gasteiger partial charge in [0.1, 0.15) is 11.6 Å². The molecule has 8 heteroatoms. The van der Waals surface area contributed by atoms with Crippen molar-refractivity contribution in [3.63, 3.8) is 0 Å². The fourth-order valence-corrected chi connectivity index (χ4v) is 3.21. The van der Waals surface area contributed by atoms with Crippen LogP contribution in [0.2, 0.25) is 0 Å². The van der Waals surface area contributed by atoms with E-state index in [1.165, 1.54) is 12.1 Å². The molecule has 1 N–H and O–H groups in total. The lowest BCUT2D eigenvalue weighted by atomic mass is 10.1. The normalized spacial score (nSPS) is 15.1. The van der Waals surface area contributed by atoms with E-state index < -0.39 is 6.61 Å². The molecule has 1 aromatic heterocycles. The Bertz CT molecular complexity index is 1010. The average Bonchev–Trinajstić information content (AvgIpc) is 3.17. The Hall–Kier alpha value is -3.26. The predicted molar refractivity (Wildman–Crippen MR) is 104 cm³/mol. The lowest BCUT2D eigenvalue weighted by Crippen LogP contribution is -2.41. The molecular weight excluding hydrogens is 380 g/mol. The summed E-state index contributed by atoms with van der Waals surface area (Å²) in [6, 6.07) is 13.8. The maximum atomic E-state index is 13.3. The molecular formula is C21H19F2N3O3. The molecule has 2 aromatic carbocycles. The van der Waals surface area contributed by atoms with Crippen LogP contribution in [-0.2, 0) is 9.53 Å². The molecule has 29 heavy (non-hydrogen) atoms. The zero-order valence-corrected chi connectivity index (χ0v) is 15.5. The molecule has 1 fully saturated rings. The second-order valence-corrected chi connectivity index (χ2v) is 6.48. The molecule has 0 spiro atoms. The number of rotatable bonds is 5. The van der Waals surface area contributed by atoms with Gasteiger partial charge in [-0.2, -0.15) is 8.78 Å². The fraction of sp³-hybridized carbons (Fsp3) is 0.238. The number of halogens is 2. The van der Waals surface area contributed by atoms with Gasteiger partial charge >= 0.3 is 6.61 Å². The number of hydrogen-bond donors (Lipinski definition) is 1. The number of imidazole rings is 1. The van der Waals surface area contributed by atoms with Crippen molar-refractivity contribution in [2.24, 2.45) is 0 Å². The summed E-state index contributed by atoms with van der Waals surface area (Å²) in [7, 11) is 0. The van der Waals surface area contributed by atoms with Crippen molar-refractivity contribution < 1.29 is 23.0 Å². The molecule has 2 heterocycles. The van der Waals surface area contributed by atoms with Crippen molar-refractivity contribution in [2.45, 2.75) is 6.61 Å². The number of benzene rings is 2. The van der Waals surface area contributed by atoms with E-state index in [4.69, 9.17) is 4.74 Å². The van der Waals surface area contributed by atoms with E-state index in [0.29, 0.717) is 43.2 Å². The Labute approximate surface area is 165 Å². The minimum Gasteiger partial charge on any atom is -0.434 e. The standard InChI is InChI=1S/C21H19F2N3O3/c22-21(23)29-18-8-4-1-5-14(18)13-15(20(27)26-9-11-28-12-10-26)19-24-16-6-2-3-7-17(16)25-19/h1-8,13,21H,9-12H2,(H,24,25). The summed E-state index contributed by atoms with van der Waals surface area (Å²) in [5.74, 6) is 0.111. The van der Waals surface area contributed by atoms with Crippen molar-refractivity contribution in [1.82, 2.24) is 14.9 Å². The van der Waals surface area contributed by atoms with Gasteiger partial charge in [-0.25, -0.2) is 4.98 Å². The minimum absolute atomic E-state index is 0.00844. The Balaban J connectivity index is 1.80. The lowest BCUT2D eigenvalue weighted by molar-refractivity contribution is -0.128. The third kappa shape index (κ3) is 4.27. The first-order valence-corrected chi connectivity index (χ1v) is 9.19. The van der Waals surface area contributed by atoms with Crippen LogP contribution in [0, 0.1) is 0 Å². The van der Waals surface area contributed by atoms with Gasteiger partial charge in [0, 0.05) is 18.7 Å². The number of morpholine rings is 1. The molecule has 1 saturated heterocycles. The van der Waals surface area contributed by atoms with Crippen LogP contribution in [0.4, 0.5) is 8.78 Å². The molecule has 1 amide bonds. The number of ether oxygens (including phenoxy) is 2. The Morgan fingerprint density at radius 2 is 1.86 bits per heavy atom. The molecule has 4 rings (SSSR count). The van der Waals surface area contributed by atoms with Crippen LogP contribution in [0.25, 0.3) is 22.7 Å². The molecule has 6 nitrogen and oxygen atoms in total. The molecule has 3 aromatic rings. The first-order chi connectivity index (χ1) is 14.1. The topological polar surface area (TPSA) is 67.5 Å². The van der Waals surface area contributed by atoms with Crippen molar-refractivity contribution in [2.75, 3.05) is 26.3 Å². The molecule has 0 saturated carbocycles. The van der Waals surface area contributed by atoms with Crippen molar-refractivity contribution >= 4 is 28.6 Å². The number of nitrogens with zero attached hydrogens (tertiary/aromatic N) is 2. The lowest BCUT2D eigenvalue weighted by Gasteiger charge is -2.27. The van der Waals surface area contributed by atoms with Gasteiger partial charge in [-0.05, 0) is 24.3 Å². The van der Waals surface area contributed by atoms with Gasteiger partial charge in [-0.15, -0.1) is 0 Å². The summed E-state index contributed by atoms with van der Waals surface area (Å²) in [5, 5.41) is 0. The van der Waals surface area contributed by atoms with Gasteiger partial charge in [0.2, 0.25) is 0 Å². The summed E-state index contributed by atoms with van der Waals surface area (Å²) < 4.78 is 35.5. The van der Waals surface area contributed by atoms with E-state index in [0.717, 1.165) is 5.52 Å². The number of fused-ring (bicyclic) bond motifs is 1. The number of aromatic nitrogens is 2. The van der Waals surface area contributed by atoms with Crippen LogP contribution >= 0.6 is 0 Å². The maximum Gasteiger partial charge on any atom is 0.387 e. The van der Waals surface area contributed by atoms with Crippen LogP contribution in [0.3, 0.4) is 0 Å². The number of hydrogen-bond acceptors (Lipinski definition) is 4.